The van der Waals surface area contributed by atoms with Crippen LogP contribution in [0, 0.1) is 13.8 Å². The maximum atomic E-state index is 6.09. The summed E-state index contributed by atoms with van der Waals surface area (Å²) >= 11 is 0. The topological polar surface area (TPSA) is 86.1 Å². The van der Waals surface area contributed by atoms with Gasteiger partial charge in [0.05, 0.1) is 23.3 Å². The van der Waals surface area contributed by atoms with E-state index >= 15 is 0 Å². The summed E-state index contributed by atoms with van der Waals surface area (Å²) in [5, 5.41) is 7.88. The fourth-order valence-corrected chi connectivity index (χ4v) is 3.90. The molecule has 0 amide bonds. The van der Waals surface area contributed by atoms with E-state index in [1.54, 1.807) is 0 Å². The number of para-hydroxylation sites is 2. The van der Waals surface area contributed by atoms with Gasteiger partial charge in [-0.1, -0.05) is 42.5 Å². The molecular formula is C21H21N7. The molecule has 1 aliphatic heterocycles. The molecule has 0 unspecified atom stereocenters. The van der Waals surface area contributed by atoms with Gasteiger partial charge in [0, 0.05) is 11.3 Å². The summed E-state index contributed by atoms with van der Waals surface area (Å²) in [6.45, 7) is 4.83. The van der Waals surface area contributed by atoms with Crippen LogP contribution >= 0.6 is 0 Å². The first-order valence-corrected chi connectivity index (χ1v) is 9.27. The van der Waals surface area contributed by atoms with Gasteiger partial charge in [-0.2, -0.15) is 5.10 Å². The van der Waals surface area contributed by atoms with Crippen LogP contribution in [0.3, 0.4) is 0 Å². The second kappa shape index (κ2) is 6.23. The smallest absolute Gasteiger partial charge is 0.212 e. The highest BCUT2D eigenvalue weighted by atomic mass is 15.4. The van der Waals surface area contributed by atoms with Crippen LogP contribution in [0.4, 0.5) is 5.95 Å². The van der Waals surface area contributed by atoms with Crippen LogP contribution in [0.5, 0.6) is 0 Å². The largest absolute Gasteiger partial charge is 0.370 e. The van der Waals surface area contributed by atoms with E-state index in [0.29, 0.717) is 11.9 Å². The third-order valence-electron chi connectivity index (χ3n) is 5.21. The Morgan fingerprint density at radius 2 is 1.79 bits per heavy atom. The van der Waals surface area contributed by atoms with Crippen LogP contribution in [-0.2, 0) is 6.54 Å². The second-order valence-corrected chi connectivity index (χ2v) is 7.03. The van der Waals surface area contributed by atoms with E-state index in [4.69, 9.17) is 15.8 Å². The van der Waals surface area contributed by atoms with Gasteiger partial charge < -0.3 is 5.73 Å². The fourth-order valence-electron chi connectivity index (χ4n) is 3.90. The first kappa shape index (κ1) is 16.6. The zero-order chi connectivity index (χ0) is 19.3. The monoisotopic (exact) mass is 371 g/mol. The fraction of sp³-hybridized carbons (Fsp3) is 0.190. The summed E-state index contributed by atoms with van der Waals surface area (Å²) < 4.78 is 4.13. The minimum atomic E-state index is -0.298. The molecule has 0 saturated heterocycles. The van der Waals surface area contributed by atoms with Gasteiger partial charge in [0.25, 0.3) is 0 Å². The lowest BCUT2D eigenvalue weighted by molar-refractivity contribution is 0.612. The third kappa shape index (κ3) is 2.55. The number of aryl methyl sites for hydroxylation is 1. The van der Waals surface area contributed by atoms with Crippen LogP contribution < -0.4 is 11.1 Å². The Kier molecular flexibility index (Phi) is 3.68. The Bertz CT molecular complexity index is 1200. The number of hydrogen-bond donors (Lipinski definition) is 2. The third-order valence-corrected chi connectivity index (χ3v) is 5.21. The highest BCUT2D eigenvalue weighted by molar-refractivity contribution is 5.94. The van der Waals surface area contributed by atoms with Crippen molar-refractivity contribution in [1.82, 2.24) is 19.3 Å². The van der Waals surface area contributed by atoms with Crippen LogP contribution in [-0.4, -0.2) is 25.3 Å². The predicted molar refractivity (Wildman–Crippen MR) is 110 cm³/mol. The number of benzene rings is 2. The summed E-state index contributed by atoms with van der Waals surface area (Å²) in [5.74, 6) is 1.07. The standard InChI is InChI=1S/C21H21N7/c1-13-18(14(2)27(26-13)12-15-8-4-3-5-9-15)19-24-20(22)25-21-23-16-10-6-7-11-17(16)28(19)21/h3-11,19H,12H2,1-2H3,(H3,22,23,24,25)/t19-/m0/s1. The summed E-state index contributed by atoms with van der Waals surface area (Å²) in [4.78, 5) is 9.39. The first-order valence-electron chi connectivity index (χ1n) is 9.27. The molecule has 1 aliphatic rings. The van der Waals surface area contributed by atoms with Crippen LogP contribution in [0.1, 0.15) is 28.7 Å². The molecule has 0 saturated carbocycles. The van der Waals surface area contributed by atoms with E-state index in [0.717, 1.165) is 34.5 Å². The zero-order valence-electron chi connectivity index (χ0n) is 15.8. The van der Waals surface area contributed by atoms with Crippen LogP contribution in [0.2, 0.25) is 0 Å². The van der Waals surface area contributed by atoms with Gasteiger partial charge in [0.1, 0.15) is 0 Å². The lowest BCUT2D eigenvalue weighted by atomic mass is 10.1. The Labute approximate surface area is 162 Å². The number of anilines is 1. The van der Waals surface area contributed by atoms with Gasteiger partial charge in [-0.15, -0.1) is 0 Å². The number of aliphatic imine (C=N–C) groups is 1. The quantitative estimate of drug-likeness (QED) is 0.579. The van der Waals surface area contributed by atoms with E-state index in [-0.39, 0.29) is 6.17 Å². The molecule has 3 N–H and O–H groups in total. The number of nitrogens with two attached hydrogens (primary N) is 1. The summed E-state index contributed by atoms with van der Waals surface area (Å²) in [6, 6.07) is 18.4. The molecule has 1 atom stereocenters. The maximum absolute atomic E-state index is 6.09. The highest BCUT2D eigenvalue weighted by Crippen LogP contribution is 2.35. The number of aromatic nitrogens is 4. The van der Waals surface area contributed by atoms with Gasteiger partial charge in [-0.25, -0.2) is 9.98 Å². The lowest BCUT2D eigenvalue weighted by Crippen LogP contribution is -2.31. The number of rotatable bonds is 3. The molecule has 0 fully saturated rings. The van der Waals surface area contributed by atoms with Crippen molar-refractivity contribution in [1.29, 1.82) is 0 Å². The van der Waals surface area contributed by atoms with Crippen molar-refractivity contribution < 1.29 is 0 Å². The van der Waals surface area contributed by atoms with Crippen molar-refractivity contribution in [2.24, 2.45) is 10.7 Å². The molecule has 5 rings (SSSR count). The number of nitrogens with one attached hydrogen (secondary N) is 1. The molecule has 7 heteroatoms. The van der Waals surface area contributed by atoms with Crippen molar-refractivity contribution in [2.45, 2.75) is 26.6 Å². The molecule has 0 bridgehead atoms. The molecule has 4 aromatic rings. The van der Waals surface area contributed by atoms with Gasteiger partial charge >= 0.3 is 0 Å². The molecule has 0 radical (unpaired) electrons. The molecule has 7 nitrogen and oxygen atoms in total. The molecular weight excluding hydrogens is 350 g/mol. The Balaban J connectivity index is 1.64. The van der Waals surface area contributed by atoms with Crippen molar-refractivity contribution in [3.05, 3.63) is 77.1 Å². The number of guanidine groups is 1. The van der Waals surface area contributed by atoms with Crippen LogP contribution in [0.25, 0.3) is 11.0 Å². The van der Waals surface area contributed by atoms with Gasteiger partial charge in [-0.05, 0) is 31.5 Å². The predicted octanol–water partition coefficient (Wildman–Crippen LogP) is 3.19. The van der Waals surface area contributed by atoms with E-state index < -0.39 is 0 Å². The molecule has 2 aromatic heterocycles. The first-order chi connectivity index (χ1) is 13.6. The minimum absolute atomic E-state index is 0.298. The summed E-state index contributed by atoms with van der Waals surface area (Å²) in [6.07, 6.45) is -0.298. The summed E-state index contributed by atoms with van der Waals surface area (Å²) in [7, 11) is 0. The zero-order valence-corrected chi connectivity index (χ0v) is 15.8. The van der Waals surface area contributed by atoms with E-state index in [1.807, 2.05) is 48.0 Å². The molecule has 2 aromatic carbocycles. The second-order valence-electron chi connectivity index (χ2n) is 7.03. The average Bonchev–Trinajstić information content (AvgIpc) is 3.19. The van der Waals surface area contributed by atoms with Crippen molar-refractivity contribution in [3.63, 3.8) is 0 Å². The minimum Gasteiger partial charge on any atom is -0.370 e. The van der Waals surface area contributed by atoms with Crippen molar-refractivity contribution in [2.75, 3.05) is 5.32 Å². The maximum Gasteiger partial charge on any atom is 0.212 e. The number of nitrogens with zero attached hydrogens (tertiary/aromatic N) is 5. The molecule has 28 heavy (non-hydrogen) atoms. The Morgan fingerprint density at radius 1 is 1.04 bits per heavy atom. The summed E-state index contributed by atoms with van der Waals surface area (Å²) in [5.41, 5.74) is 12.3. The van der Waals surface area contributed by atoms with E-state index in [1.165, 1.54) is 5.56 Å². The highest BCUT2D eigenvalue weighted by Gasteiger charge is 2.29. The molecule has 0 aliphatic carbocycles. The van der Waals surface area contributed by atoms with E-state index in [9.17, 15) is 0 Å². The van der Waals surface area contributed by atoms with Gasteiger partial charge in [0.15, 0.2) is 12.1 Å². The van der Waals surface area contributed by atoms with Crippen LogP contribution in [0.15, 0.2) is 59.6 Å². The van der Waals surface area contributed by atoms with E-state index in [2.05, 4.69) is 40.0 Å². The Hall–Kier alpha value is -3.61. The SMILES string of the molecule is Cc1nn(Cc2ccccc2)c(C)c1[C@H]1N=C(N)Nc2nc3ccccc3n21. The van der Waals surface area contributed by atoms with Gasteiger partial charge in [0.2, 0.25) is 5.95 Å². The van der Waals surface area contributed by atoms with Crippen molar-refractivity contribution in [3.8, 4) is 0 Å². The van der Waals surface area contributed by atoms with Crippen molar-refractivity contribution >= 4 is 22.9 Å². The number of fused-ring (bicyclic) bond motifs is 3. The lowest BCUT2D eigenvalue weighted by Gasteiger charge is -2.24. The molecule has 3 heterocycles. The molecule has 140 valence electrons. The Morgan fingerprint density at radius 3 is 2.61 bits per heavy atom. The average molecular weight is 371 g/mol. The number of imidazole rings is 1. The normalized spacial score (nSPS) is 15.9. The molecule has 0 spiro atoms. The number of hydrogen-bond acceptors (Lipinski definition) is 5. The van der Waals surface area contributed by atoms with Gasteiger partial charge in [-0.3, -0.25) is 14.6 Å².